The Morgan fingerprint density at radius 1 is 1.32 bits per heavy atom. The number of ether oxygens (including phenoxy) is 1. The van der Waals surface area contributed by atoms with Crippen molar-refractivity contribution < 1.29 is 19.3 Å². The maximum atomic E-state index is 15.1. The molecule has 1 aliphatic heterocycles. The molecule has 2 fully saturated rings. The molecular formula is C18H23FN4O5. The van der Waals surface area contributed by atoms with Gasteiger partial charge in [-0.25, -0.2) is 9.18 Å². The van der Waals surface area contributed by atoms with Gasteiger partial charge in [-0.3, -0.25) is 9.36 Å². The smallest absolute Gasteiger partial charge is 0.350 e. The van der Waals surface area contributed by atoms with Crippen LogP contribution in [0.15, 0.2) is 15.7 Å². The number of aliphatic hydroxyl groups excluding tert-OH is 2. The molecular weight excluding hydrogens is 371 g/mol. The first-order valence-corrected chi connectivity index (χ1v) is 9.25. The van der Waals surface area contributed by atoms with E-state index in [4.69, 9.17) is 10.6 Å². The Morgan fingerprint density at radius 2 is 2.04 bits per heavy atom. The molecule has 0 amide bonds. The number of halogens is 1. The van der Waals surface area contributed by atoms with Crippen molar-refractivity contribution in [3.05, 3.63) is 32.7 Å². The zero-order valence-electron chi connectivity index (χ0n) is 15.5. The molecule has 1 saturated carbocycles. The number of nitrogens with zero attached hydrogens (tertiary/aromatic N) is 3. The zero-order chi connectivity index (χ0) is 20.2. The molecule has 4 rings (SSSR count). The normalized spacial score (nSPS) is 22.6. The fourth-order valence-corrected chi connectivity index (χ4v) is 3.99. The number of methoxy groups -OCH3 is 1. The monoisotopic (exact) mass is 394 g/mol. The van der Waals surface area contributed by atoms with Crippen LogP contribution in [0.25, 0.3) is 10.9 Å². The van der Waals surface area contributed by atoms with Crippen LogP contribution in [0.1, 0.15) is 25.3 Å². The molecule has 4 N–H and O–H groups in total. The molecule has 2 atom stereocenters. The molecule has 0 radical (unpaired) electrons. The van der Waals surface area contributed by atoms with Gasteiger partial charge in [0.25, 0.3) is 5.56 Å². The fraction of sp³-hybridized carbons (Fsp3) is 0.556. The lowest BCUT2D eigenvalue weighted by atomic mass is 9.94. The van der Waals surface area contributed by atoms with E-state index in [9.17, 15) is 19.8 Å². The lowest BCUT2D eigenvalue weighted by Crippen LogP contribution is -2.46. The Bertz CT molecular complexity index is 1050. The van der Waals surface area contributed by atoms with Gasteiger partial charge < -0.3 is 25.7 Å². The van der Waals surface area contributed by atoms with Gasteiger partial charge in [0.2, 0.25) is 0 Å². The Balaban J connectivity index is 1.97. The summed E-state index contributed by atoms with van der Waals surface area (Å²) in [7, 11) is 1.35. The van der Waals surface area contributed by atoms with Crippen LogP contribution in [0, 0.1) is 11.7 Å². The number of anilines is 1. The number of β-amino-alcohol motifs (C(OH)–C–C–N with tert-alkyl or cyclic N) is 1. The molecule has 2 aliphatic rings. The minimum Gasteiger partial charge on any atom is -0.492 e. The number of nitrogen functional groups attached to an aromatic ring is 1. The van der Waals surface area contributed by atoms with Gasteiger partial charge in [-0.05, 0) is 25.3 Å². The summed E-state index contributed by atoms with van der Waals surface area (Å²) >= 11 is 0. The zero-order valence-corrected chi connectivity index (χ0v) is 15.5. The number of rotatable bonds is 4. The highest BCUT2D eigenvalue weighted by Gasteiger charge is 2.34. The predicted octanol–water partition coefficient (Wildman–Crippen LogP) is -0.461. The number of fused-ring (bicyclic) bond motifs is 1. The topological polar surface area (TPSA) is 123 Å². The summed E-state index contributed by atoms with van der Waals surface area (Å²) in [6, 6.07) is 0.949. The van der Waals surface area contributed by atoms with E-state index >= 15 is 4.39 Å². The van der Waals surface area contributed by atoms with Crippen molar-refractivity contribution in [1.29, 1.82) is 0 Å². The highest BCUT2D eigenvalue weighted by Crippen LogP contribution is 2.43. The molecule has 0 bridgehead atoms. The van der Waals surface area contributed by atoms with Gasteiger partial charge >= 0.3 is 5.69 Å². The maximum absolute atomic E-state index is 15.1. The van der Waals surface area contributed by atoms with Crippen LogP contribution in [0.5, 0.6) is 5.75 Å². The molecule has 1 aromatic heterocycles. The van der Waals surface area contributed by atoms with Crippen LogP contribution in [-0.4, -0.2) is 52.4 Å². The summed E-state index contributed by atoms with van der Waals surface area (Å²) in [4.78, 5) is 26.8. The summed E-state index contributed by atoms with van der Waals surface area (Å²) in [6.45, 7) is 0.345. The van der Waals surface area contributed by atoms with Crippen molar-refractivity contribution in [3.8, 4) is 5.75 Å². The Kier molecular flexibility index (Phi) is 4.54. The SMILES string of the molecule is COc1c(N2CCC(CO)C(O)C2)c(F)cc2c(=O)n(N)c(=O)n(C3CC3)c12. The summed E-state index contributed by atoms with van der Waals surface area (Å²) in [5.74, 6) is 4.73. The van der Waals surface area contributed by atoms with E-state index in [2.05, 4.69) is 0 Å². The lowest BCUT2D eigenvalue weighted by Gasteiger charge is -2.37. The average molecular weight is 394 g/mol. The number of benzene rings is 1. The summed E-state index contributed by atoms with van der Waals surface area (Å²) in [6.07, 6.45) is 1.15. The maximum Gasteiger partial charge on any atom is 0.350 e. The number of nitrogens with two attached hydrogens (primary N) is 1. The van der Waals surface area contributed by atoms with Gasteiger partial charge in [0.15, 0.2) is 11.6 Å². The molecule has 9 nitrogen and oxygen atoms in total. The highest BCUT2D eigenvalue weighted by atomic mass is 19.1. The van der Waals surface area contributed by atoms with Crippen molar-refractivity contribution in [3.63, 3.8) is 0 Å². The minimum absolute atomic E-state index is 0.0297. The van der Waals surface area contributed by atoms with E-state index in [1.54, 1.807) is 4.90 Å². The number of aliphatic hydroxyl groups is 2. The second kappa shape index (κ2) is 6.78. The summed E-state index contributed by atoms with van der Waals surface area (Å²) < 4.78 is 22.5. The number of aromatic nitrogens is 2. The molecule has 1 aliphatic carbocycles. The van der Waals surface area contributed by atoms with Gasteiger partial charge in [0.05, 0.1) is 18.6 Å². The third kappa shape index (κ3) is 2.75. The quantitative estimate of drug-likeness (QED) is 0.600. The largest absolute Gasteiger partial charge is 0.492 e. The van der Waals surface area contributed by atoms with Crippen molar-refractivity contribution in [2.75, 3.05) is 37.5 Å². The number of hydrogen-bond acceptors (Lipinski definition) is 7. The van der Waals surface area contributed by atoms with Crippen LogP contribution >= 0.6 is 0 Å². The number of hydrogen-bond donors (Lipinski definition) is 3. The van der Waals surface area contributed by atoms with Gasteiger partial charge in [-0.15, -0.1) is 0 Å². The Labute approximate surface area is 159 Å². The molecule has 2 unspecified atom stereocenters. The molecule has 0 spiro atoms. The molecule has 28 heavy (non-hydrogen) atoms. The van der Waals surface area contributed by atoms with E-state index in [1.807, 2.05) is 0 Å². The van der Waals surface area contributed by atoms with E-state index in [1.165, 1.54) is 11.7 Å². The van der Waals surface area contributed by atoms with Crippen LogP contribution in [0.3, 0.4) is 0 Å². The molecule has 10 heteroatoms. The molecule has 1 saturated heterocycles. The van der Waals surface area contributed by atoms with Crippen LogP contribution in [-0.2, 0) is 0 Å². The third-order valence-corrected chi connectivity index (χ3v) is 5.67. The van der Waals surface area contributed by atoms with Gasteiger partial charge in [-0.2, -0.15) is 4.68 Å². The summed E-state index contributed by atoms with van der Waals surface area (Å²) in [5, 5.41) is 19.6. The molecule has 152 valence electrons. The second-order valence-electron chi connectivity index (χ2n) is 7.44. The minimum atomic E-state index is -0.832. The van der Waals surface area contributed by atoms with Crippen LogP contribution in [0.4, 0.5) is 10.1 Å². The van der Waals surface area contributed by atoms with Crippen molar-refractivity contribution in [2.45, 2.75) is 31.4 Å². The van der Waals surface area contributed by atoms with Crippen molar-refractivity contribution in [2.24, 2.45) is 5.92 Å². The third-order valence-electron chi connectivity index (χ3n) is 5.67. The first kappa shape index (κ1) is 18.8. The van der Waals surface area contributed by atoms with E-state index < -0.39 is 23.2 Å². The highest BCUT2D eigenvalue weighted by molar-refractivity contribution is 5.91. The van der Waals surface area contributed by atoms with E-state index in [0.717, 1.165) is 18.9 Å². The van der Waals surface area contributed by atoms with Crippen LogP contribution in [0.2, 0.25) is 0 Å². The van der Waals surface area contributed by atoms with E-state index in [-0.39, 0.29) is 47.5 Å². The predicted molar refractivity (Wildman–Crippen MR) is 101 cm³/mol. The van der Waals surface area contributed by atoms with Crippen LogP contribution < -0.4 is 26.7 Å². The lowest BCUT2D eigenvalue weighted by molar-refractivity contribution is 0.0545. The molecule has 1 aromatic carbocycles. The molecule has 2 heterocycles. The second-order valence-corrected chi connectivity index (χ2v) is 7.44. The molecule has 2 aromatic rings. The number of piperidine rings is 1. The standard InChI is InChI=1S/C18H23FN4O5/c1-28-16-14-11(17(26)23(20)18(27)22(14)10-2-3-10)6-12(19)15(16)21-5-4-9(8-24)13(25)7-21/h6,9-10,13,24-25H,2-5,7-8,20H2,1H3. The summed E-state index contributed by atoms with van der Waals surface area (Å²) in [5.41, 5.74) is -1.15. The van der Waals surface area contributed by atoms with Gasteiger partial charge in [-0.1, -0.05) is 0 Å². The van der Waals surface area contributed by atoms with Gasteiger partial charge in [0, 0.05) is 31.7 Å². The first-order valence-electron chi connectivity index (χ1n) is 9.25. The average Bonchev–Trinajstić information content (AvgIpc) is 3.51. The van der Waals surface area contributed by atoms with Crippen molar-refractivity contribution >= 4 is 16.6 Å². The van der Waals surface area contributed by atoms with Gasteiger partial charge in [0.1, 0.15) is 11.2 Å². The van der Waals surface area contributed by atoms with Crippen molar-refractivity contribution in [1.82, 2.24) is 9.24 Å². The fourth-order valence-electron chi connectivity index (χ4n) is 3.99. The van der Waals surface area contributed by atoms with E-state index in [0.29, 0.717) is 17.6 Å². The Hall–Kier alpha value is -2.59. The first-order chi connectivity index (χ1) is 13.4. The Morgan fingerprint density at radius 3 is 2.61 bits per heavy atom.